The van der Waals surface area contributed by atoms with E-state index in [0.717, 1.165) is 17.6 Å². The van der Waals surface area contributed by atoms with E-state index in [2.05, 4.69) is 36.1 Å². The summed E-state index contributed by atoms with van der Waals surface area (Å²) in [4.78, 5) is 0. The summed E-state index contributed by atoms with van der Waals surface area (Å²) in [5.74, 6) is 6.64. The summed E-state index contributed by atoms with van der Waals surface area (Å²) in [5, 5.41) is 17.3. The van der Waals surface area contributed by atoms with Gasteiger partial charge in [-0.05, 0) is 23.1 Å². The second kappa shape index (κ2) is 46.6. The van der Waals surface area contributed by atoms with Crippen molar-refractivity contribution in [1.29, 1.82) is 0 Å². The highest BCUT2D eigenvalue weighted by Gasteiger charge is 2.09. The van der Waals surface area contributed by atoms with Crippen LogP contribution in [0.2, 0.25) is 0 Å². The molecule has 0 aliphatic carbocycles. The van der Waals surface area contributed by atoms with E-state index in [4.69, 9.17) is 76.5 Å². The number of allylic oxidation sites excluding steroid dienone is 1. The zero-order valence-corrected chi connectivity index (χ0v) is 38.0. The third-order valence-corrected chi connectivity index (χ3v) is 8.54. The largest absolute Gasteiger partial charge is 0.394 e. The van der Waals surface area contributed by atoms with E-state index < -0.39 is 0 Å². The molecule has 0 aromatic heterocycles. The quantitative estimate of drug-likeness (QED) is 0.0734. The Bertz CT molecular complexity index is 1360. The molecule has 0 heterocycles. The van der Waals surface area contributed by atoms with Crippen LogP contribution in [0.15, 0.2) is 71.8 Å². The van der Waals surface area contributed by atoms with Gasteiger partial charge >= 0.3 is 0 Å². The standard InChI is InChI=1S/C48H76O16/c49-13-16-52-19-22-55-25-28-58-31-34-60-33-30-57-27-24-54-21-18-51-15-7-12-47(42-45-8-3-1-4-9-45)48(43-46-10-5-2-6-11-46)44-64-41-40-63-39-38-62-37-36-61-35-32-59-29-26-56-23-20-53-17-14-50/h1-6,8-11,49-50H,13-44H2/b48-47-. The summed E-state index contributed by atoms with van der Waals surface area (Å²) >= 11 is 0. The smallest absolute Gasteiger partial charge is 0.108 e. The number of ether oxygens (including phenoxy) is 14. The summed E-state index contributed by atoms with van der Waals surface area (Å²) < 4.78 is 77.5. The molecule has 0 saturated heterocycles. The lowest BCUT2D eigenvalue weighted by Crippen LogP contribution is -2.15. The number of hydrogen-bond acceptors (Lipinski definition) is 16. The predicted molar refractivity (Wildman–Crippen MR) is 241 cm³/mol. The summed E-state index contributed by atoms with van der Waals surface area (Å²) in [6, 6.07) is 20.7. The highest BCUT2D eigenvalue weighted by atomic mass is 16.6. The second-order valence-corrected chi connectivity index (χ2v) is 13.6. The van der Waals surface area contributed by atoms with E-state index in [1.807, 2.05) is 36.4 Å². The molecule has 0 spiro atoms. The van der Waals surface area contributed by atoms with Crippen molar-refractivity contribution in [2.24, 2.45) is 0 Å². The van der Waals surface area contributed by atoms with Crippen molar-refractivity contribution < 1.29 is 76.5 Å². The Balaban J connectivity index is 1.60. The average molecular weight is 909 g/mol. The summed E-state index contributed by atoms with van der Waals surface area (Å²) in [5.41, 5.74) is 4.49. The topological polar surface area (TPSA) is 170 Å². The maximum absolute atomic E-state index is 8.66. The number of benzene rings is 2. The fourth-order valence-corrected chi connectivity index (χ4v) is 5.37. The first kappa shape index (κ1) is 57.2. The normalized spacial score (nSPS) is 11.8. The van der Waals surface area contributed by atoms with Gasteiger partial charge in [-0.1, -0.05) is 72.5 Å². The van der Waals surface area contributed by atoms with Gasteiger partial charge in [-0.3, -0.25) is 0 Å². The molecule has 0 aliphatic rings. The highest BCUT2D eigenvalue weighted by Crippen LogP contribution is 2.17. The van der Waals surface area contributed by atoms with Crippen LogP contribution in [-0.2, 0) is 79.2 Å². The molecule has 2 rings (SSSR count). The Morgan fingerprint density at radius 1 is 0.328 bits per heavy atom. The van der Waals surface area contributed by atoms with Gasteiger partial charge in [0.05, 0.1) is 192 Å². The van der Waals surface area contributed by atoms with E-state index in [-0.39, 0.29) is 19.8 Å². The number of rotatable bonds is 47. The Labute approximate surface area is 381 Å². The number of hydrogen-bond donors (Lipinski definition) is 2. The van der Waals surface area contributed by atoms with Gasteiger partial charge in [0.2, 0.25) is 0 Å². The van der Waals surface area contributed by atoms with Crippen LogP contribution < -0.4 is 0 Å². The lowest BCUT2D eigenvalue weighted by molar-refractivity contribution is -0.0209. The van der Waals surface area contributed by atoms with E-state index in [9.17, 15) is 0 Å². The summed E-state index contributed by atoms with van der Waals surface area (Å²) in [6.45, 7) is 12.7. The van der Waals surface area contributed by atoms with Crippen LogP contribution in [0.25, 0.3) is 0 Å². The molecule has 16 nitrogen and oxygen atoms in total. The first-order valence-corrected chi connectivity index (χ1v) is 22.4. The van der Waals surface area contributed by atoms with Crippen molar-refractivity contribution in [3.63, 3.8) is 0 Å². The van der Waals surface area contributed by atoms with Gasteiger partial charge in [-0.15, -0.1) is 0 Å². The summed E-state index contributed by atoms with van der Waals surface area (Å²) in [6.07, 6.45) is 1.40. The van der Waals surface area contributed by atoms with Crippen molar-refractivity contribution in [3.05, 3.63) is 82.9 Å². The molecule has 0 aliphatic heterocycles. The van der Waals surface area contributed by atoms with E-state index in [1.165, 1.54) is 11.1 Å². The van der Waals surface area contributed by atoms with Gasteiger partial charge < -0.3 is 76.5 Å². The molecule has 2 aromatic carbocycles. The summed E-state index contributed by atoms with van der Waals surface area (Å²) in [7, 11) is 0. The van der Waals surface area contributed by atoms with Crippen LogP contribution in [0.4, 0.5) is 0 Å². The Kier molecular flexibility index (Phi) is 41.7. The van der Waals surface area contributed by atoms with E-state index in [0.29, 0.717) is 185 Å². The van der Waals surface area contributed by atoms with Crippen LogP contribution in [0, 0.1) is 11.8 Å². The van der Waals surface area contributed by atoms with E-state index in [1.54, 1.807) is 0 Å². The molecule has 0 amide bonds. The van der Waals surface area contributed by atoms with Gasteiger partial charge in [0.15, 0.2) is 0 Å². The van der Waals surface area contributed by atoms with Crippen molar-refractivity contribution >= 4 is 0 Å². The molecule has 64 heavy (non-hydrogen) atoms. The SMILES string of the molecule is OCCOCCOCCOCCOCCOCCOCCOCC#C/C(Cc1ccccc1)=C(/COCCOCCOCCOCCOCCOCCOCCO)Cc1ccccc1. The Morgan fingerprint density at radius 3 is 0.938 bits per heavy atom. The van der Waals surface area contributed by atoms with Crippen LogP contribution in [-0.4, -0.2) is 208 Å². The molecule has 0 fully saturated rings. The average Bonchev–Trinajstić information content (AvgIpc) is 3.32. The van der Waals surface area contributed by atoms with Crippen molar-refractivity contribution in [3.8, 4) is 11.8 Å². The highest BCUT2D eigenvalue weighted by molar-refractivity contribution is 5.40. The fraction of sp³-hybridized carbons (Fsp3) is 0.667. The molecule has 0 saturated carbocycles. The zero-order chi connectivity index (χ0) is 45.3. The first-order valence-electron chi connectivity index (χ1n) is 22.4. The van der Waals surface area contributed by atoms with Gasteiger partial charge in [-0.2, -0.15) is 0 Å². The molecular weight excluding hydrogens is 833 g/mol. The number of aliphatic hydroxyl groups excluding tert-OH is 2. The molecule has 0 bridgehead atoms. The van der Waals surface area contributed by atoms with Crippen molar-refractivity contribution in [2.75, 3.05) is 198 Å². The minimum absolute atomic E-state index is 0.0151. The molecule has 2 aromatic rings. The minimum Gasteiger partial charge on any atom is -0.394 e. The molecule has 2 N–H and O–H groups in total. The van der Waals surface area contributed by atoms with Crippen LogP contribution in [0.3, 0.4) is 0 Å². The number of aliphatic hydroxyl groups is 2. The molecule has 364 valence electrons. The maximum Gasteiger partial charge on any atom is 0.108 e. The molecular formula is C48H76O16. The third kappa shape index (κ3) is 37.3. The first-order chi connectivity index (χ1) is 31.8. The van der Waals surface area contributed by atoms with Crippen LogP contribution in [0.1, 0.15) is 11.1 Å². The van der Waals surface area contributed by atoms with Crippen molar-refractivity contribution in [2.45, 2.75) is 12.8 Å². The monoisotopic (exact) mass is 909 g/mol. The van der Waals surface area contributed by atoms with Crippen LogP contribution in [0.5, 0.6) is 0 Å². The third-order valence-electron chi connectivity index (χ3n) is 8.54. The van der Waals surface area contributed by atoms with Crippen molar-refractivity contribution in [1.82, 2.24) is 0 Å². The van der Waals surface area contributed by atoms with Gasteiger partial charge in [0, 0.05) is 12.0 Å². The zero-order valence-electron chi connectivity index (χ0n) is 38.0. The van der Waals surface area contributed by atoms with Crippen LogP contribution >= 0.6 is 0 Å². The van der Waals surface area contributed by atoms with E-state index >= 15 is 0 Å². The second-order valence-electron chi connectivity index (χ2n) is 13.6. The van der Waals surface area contributed by atoms with Gasteiger partial charge in [0.25, 0.3) is 0 Å². The molecule has 0 atom stereocenters. The lowest BCUT2D eigenvalue weighted by atomic mass is 9.96. The lowest BCUT2D eigenvalue weighted by Gasteiger charge is -2.14. The minimum atomic E-state index is 0.0151. The molecule has 16 heteroatoms. The maximum atomic E-state index is 8.66. The molecule has 0 unspecified atom stereocenters. The van der Waals surface area contributed by atoms with Gasteiger partial charge in [0.1, 0.15) is 6.61 Å². The Morgan fingerprint density at radius 2 is 0.609 bits per heavy atom. The van der Waals surface area contributed by atoms with Gasteiger partial charge in [-0.25, -0.2) is 0 Å². The molecule has 0 radical (unpaired) electrons. The predicted octanol–water partition coefficient (Wildman–Crippen LogP) is 2.99. The fourth-order valence-electron chi connectivity index (χ4n) is 5.37. The Hall–Kier alpha value is -2.90.